The summed E-state index contributed by atoms with van der Waals surface area (Å²) < 4.78 is 0. The smallest absolute Gasteiger partial charge is 0.123 e. The standard InChI is InChI=1S/C8H15NO.ClH/c1-9-5-2-3-8(7-10)4-6-9;/h7-8H,2-6H2,1H3;1H. The van der Waals surface area contributed by atoms with E-state index in [1.54, 1.807) is 0 Å². The van der Waals surface area contributed by atoms with Crippen LogP contribution >= 0.6 is 12.4 Å². The molecule has 0 aromatic carbocycles. The molecule has 11 heavy (non-hydrogen) atoms. The summed E-state index contributed by atoms with van der Waals surface area (Å²) in [6.45, 7) is 2.24. The van der Waals surface area contributed by atoms with Crippen LogP contribution in [0.2, 0.25) is 0 Å². The number of halogens is 1. The maximum absolute atomic E-state index is 10.4. The molecular weight excluding hydrogens is 162 g/mol. The van der Waals surface area contributed by atoms with E-state index in [0.29, 0.717) is 5.92 Å². The lowest BCUT2D eigenvalue weighted by Crippen LogP contribution is -2.18. The van der Waals surface area contributed by atoms with E-state index in [-0.39, 0.29) is 12.4 Å². The number of likely N-dealkylation sites (tertiary alicyclic amines) is 1. The third kappa shape index (κ3) is 3.73. The van der Waals surface area contributed by atoms with E-state index >= 15 is 0 Å². The summed E-state index contributed by atoms with van der Waals surface area (Å²) in [4.78, 5) is 12.7. The fourth-order valence-electron chi connectivity index (χ4n) is 1.40. The molecule has 0 aliphatic carbocycles. The highest BCUT2D eigenvalue weighted by atomic mass is 35.5. The molecular formula is C8H16ClNO. The molecule has 66 valence electrons. The second-order valence-electron chi connectivity index (χ2n) is 3.13. The summed E-state index contributed by atoms with van der Waals surface area (Å²) in [7, 11) is 2.12. The molecule has 1 saturated heterocycles. The highest BCUT2D eigenvalue weighted by Crippen LogP contribution is 2.13. The second kappa shape index (κ2) is 5.56. The lowest BCUT2D eigenvalue weighted by atomic mass is 10.0. The normalized spacial score (nSPS) is 26.8. The minimum atomic E-state index is 0. The predicted octanol–water partition coefficient (Wildman–Crippen LogP) is 1.34. The monoisotopic (exact) mass is 177 g/mol. The van der Waals surface area contributed by atoms with E-state index in [9.17, 15) is 4.79 Å². The number of nitrogens with zero attached hydrogens (tertiary/aromatic N) is 1. The quantitative estimate of drug-likeness (QED) is 0.564. The van der Waals surface area contributed by atoms with Gasteiger partial charge < -0.3 is 9.69 Å². The Hall–Kier alpha value is -0.0800. The van der Waals surface area contributed by atoms with Crippen LogP contribution in [0.5, 0.6) is 0 Å². The summed E-state index contributed by atoms with van der Waals surface area (Å²) in [5, 5.41) is 0. The van der Waals surface area contributed by atoms with Crippen molar-refractivity contribution in [1.29, 1.82) is 0 Å². The van der Waals surface area contributed by atoms with Crippen LogP contribution in [0.15, 0.2) is 0 Å². The molecule has 1 unspecified atom stereocenters. The van der Waals surface area contributed by atoms with E-state index in [4.69, 9.17) is 0 Å². The summed E-state index contributed by atoms with van der Waals surface area (Å²) in [5.74, 6) is 0.338. The van der Waals surface area contributed by atoms with Crippen molar-refractivity contribution >= 4 is 18.7 Å². The highest BCUT2D eigenvalue weighted by molar-refractivity contribution is 5.85. The molecule has 1 atom stereocenters. The van der Waals surface area contributed by atoms with Gasteiger partial charge in [0, 0.05) is 5.92 Å². The fraction of sp³-hybridized carbons (Fsp3) is 0.875. The van der Waals surface area contributed by atoms with Crippen molar-refractivity contribution in [3.63, 3.8) is 0 Å². The second-order valence-corrected chi connectivity index (χ2v) is 3.13. The zero-order valence-electron chi connectivity index (χ0n) is 6.95. The molecule has 1 aliphatic heterocycles. The van der Waals surface area contributed by atoms with Gasteiger partial charge in [-0.15, -0.1) is 12.4 Å². The molecule has 2 nitrogen and oxygen atoms in total. The average molecular weight is 178 g/mol. The molecule has 0 bridgehead atoms. The molecule has 1 fully saturated rings. The minimum absolute atomic E-state index is 0. The van der Waals surface area contributed by atoms with Crippen LogP contribution in [0, 0.1) is 5.92 Å². The van der Waals surface area contributed by atoms with Crippen LogP contribution in [0.25, 0.3) is 0 Å². The van der Waals surface area contributed by atoms with Gasteiger partial charge in [-0.2, -0.15) is 0 Å². The van der Waals surface area contributed by atoms with Gasteiger partial charge in [0.05, 0.1) is 0 Å². The maximum Gasteiger partial charge on any atom is 0.123 e. The Balaban J connectivity index is 0.000001000. The Bertz CT molecular complexity index is 119. The van der Waals surface area contributed by atoms with Crippen LogP contribution < -0.4 is 0 Å². The molecule has 0 radical (unpaired) electrons. The zero-order valence-corrected chi connectivity index (χ0v) is 7.77. The topological polar surface area (TPSA) is 20.3 Å². The summed E-state index contributed by atoms with van der Waals surface area (Å²) in [6.07, 6.45) is 4.44. The van der Waals surface area contributed by atoms with E-state index in [0.717, 1.165) is 32.2 Å². The van der Waals surface area contributed by atoms with Gasteiger partial charge in [-0.25, -0.2) is 0 Å². The third-order valence-corrected chi connectivity index (χ3v) is 2.19. The Kier molecular flexibility index (Phi) is 5.51. The number of hydrogen-bond acceptors (Lipinski definition) is 2. The number of rotatable bonds is 1. The third-order valence-electron chi connectivity index (χ3n) is 2.19. The van der Waals surface area contributed by atoms with E-state index < -0.39 is 0 Å². The molecule has 0 spiro atoms. The zero-order chi connectivity index (χ0) is 7.40. The molecule has 3 heteroatoms. The van der Waals surface area contributed by atoms with Crippen LogP contribution in [-0.2, 0) is 4.79 Å². The largest absolute Gasteiger partial charge is 0.306 e. The van der Waals surface area contributed by atoms with Crippen LogP contribution in [-0.4, -0.2) is 31.3 Å². The van der Waals surface area contributed by atoms with Gasteiger partial charge in [0.15, 0.2) is 0 Å². The van der Waals surface area contributed by atoms with Crippen molar-refractivity contribution < 1.29 is 4.79 Å². The first-order valence-corrected chi connectivity index (χ1v) is 3.97. The van der Waals surface area contributed by atoms with Crippen LogP contribution in [0.3, 0.4) is 0 Å². The Morgan fingerprint density at radius 2 is 2.09 bits per heavy atom. The minimum Gasteiger partial charge on any atom is -0.306 e. The number of carbonyl (C=O) groups excluding carboxylic acids is 1. The van der Waals surface area contributed by atoms with Crippen molar-refractivity contribution in [2.45, 2.75) is 19.3 Å². The lowest BCUT2D eigenvalue weighted by Gasteiger charge is -2.11. The first-order chi connectivity index (χ1) is 4.83. The van der Waals surface area contributed by atoms with Gasteiger partial charge in [-0.3, -0.25) is 0 Å². The van der Waals surface area contributed by atoms with Crippen molar-refractivity contribution in [3.05, 3.63) is 0 Å². The van der Waals surface area contributed by atoms with E-state index in [1.165, 1.54) is 6.42 Å². The SMILES string of the molecule is CN1CCCC(C=O)CC1.Cl. The first kappa shape index (κ1) is 10.9. The molecule has 0 N–H and O–H groups in total. The first-order valence-electron chi connectivity index (χ1n) is 3.97. The van der Waals surface area contributed by atoms with E-state index in [2.05, 4.69) is 11.9 Å². The Morgan fingerprint density at radius 3 is 2.73 bits per heavy atom. The maximum atomic E-state index is 10.4. The average Bonchev–Trinajstić information content (AvgIpc) is 2.14. The predicted molar refractivity (Wildman–Crippen MR) is 48.2 cm³/mol. The Labute approximate surface area is 74.4 Å². The van der Waals surface area contributed by atoms with Crippen molar-refractivity contribution in [2.24, 2.45) is 5.92 Å². The van der Waals surface area contributed by atoms with Gasteiger partial charge >= 0.3 is 0 Å². The van der Waals surface area contributed by atoms with Crippen LogP contribution in [0.1, 0.15) is 19.3 Å². The fourth-order valence-corrected chi connectivity index (χ4v) is 1.40. The van der Waals surface area contributed by atoms with Gasteiger partial charge in [0.25, 0.3) is 0 Å². The molecule has 0 aromatic rings. The van der Waals surface area contributed by atoms with Gasteiger partial charge in [0.1, 0.15) is 6.29 Å². The molecule has 1 aliphatic rings. The highest BCUT2D eigenvalue weighted by Gasteiger charge is 2.12. The van der Waals surface area contributed by atoms with E-state index in [1.807, 2.05) is 0 Å². The molecule has 0 amide bonds. The summed E-state index contributed by atoms with van der Waals surface area (Å²) >= 11 is 0. The Morgan fingerprint density at radius 1 is 1.36 bits per heavy atom. The molecule has 0 aromatic heterocycles. The van der Waals surface area contributed by atoms with Crippen molar-refractivity contribution in [3.8, 4) is 0 Å². The number of aldehydes is 1. The summed E-state index contributed by atoms with van der Waals surface area (Å²) in [5.41, 5.74) is 0. The van der Waals surface area contributed by atoms with Crippen molar-refractivity contribution in [1.82, 2.24) is 4.90 Å². The molecule has 1 heterocycles. The molecule has 0 saturated carbocycles. The van der Waals surface area contributed by atoms with Gasteiger partial charge in [-0.1, -0.05) is 0 Å². The lowest BCUT2D eigenvalue weighted by molar-refractivity contribution is -0.111. The summed E-state index contributed by atoms with van der Waals surface area (Å²) in [6, 6.07) is 0. The van der Waals surface area contributed by atoms with Crippen molar-refractivity contribution in [2.75, 3.05) is 20.1 Å². The number of carbonyl (C=O) groups is 1. The van der Waals surface area contributed by atoms with Gasteiger partial charge in [-0.05, 0) is 39.4 Å². The number of hydrogen-bond donors (Lipinski definition) is 0. The van der Waals surface area contributed by atoms with Gasteiger partial charge in [0.2, 0.25) is 0 Å². The van der Waals surface area contributed by atoms with Crippen LogP contribution in [0.4, 0.5) is 0 Å². The molecule has 1 rings (SSSR count).